The van der Waals surface area contributed by atoms with Crippen LogP contribution in [0.15, 0.2) is 30.3 Å². The number of esters is 1. The summed E-state index contributed by atoms with van der Waals surface area (Å²) in [6.45, 7) is 7.37. The third kappa shape index (κ3) is 8.41. The Hall–Kier alpha value is -2.12. The number of carbonyl (C=O) groups is 2. The molecule has 1 aromatic carbocycles. The van der Waals surface area contributed by atoms with Crippen molar-refractivity contribution in [1.29, 1.82) is 0 Å². The lowest BCUT2D eigenvalue weighted by molar-refractivity contribution is -0.160. The number of likely N-dealkylation sites (tertiary alicyclic amines) is 1. The molecule has 1 fully saturated rings. The fourth-order valence-electron chi connectivity index (χ4n) is 2.64. The maximum atomic E-state index is 12.1. The SMILES string of the molecule is CC(C)(C)OC(=O)COCCO[C@@H]1CCN(C(=O)OCc2ccccc2)C1. The molecule has 2 rings (SSSR count). The summed E-state index contributed by atoms with van der Waals surface area (Å²) >= 11 is 0. The highest BCUT2D eigenvalue weighted by molar-refractivity contribution is 5.71. The van der Waals surface area contributed by atoms with Crippen molar-refractivity contribution in [3.8, 4) is 0 Å². The molecule has 1 aliphatic heterocycles. The van der Waals surface area contributed by atoms with Gasteiger partial charge in [-0.25, -0.2) is 9.59 Å². The molecule has 1 heterocycles. The molecule has 1 saturated heterocycles. The maximum Gasteiger partial charge on any atom is 0.410 e. The number of carbonyl (C=O) groups excluding carboxylic acids is 2. The molecule has 0 bridgehead atoms. The van der Waals surface area contributed by atoms with Gasteiger partial charge in [0.15, 0.2) is 0 Å². The van der Waals surface area contributed by atoms with Crippen molar-refractivity contribution < 1.29 is 28.5 Å². The average Bonchev–Trinajstić information content (AvgIpc) is 3.08. The van der Waals surface area contributed by atoms with Crippen LogP contribution >= 0.6 is 0 Å². The second kappa shape index (κ2) is 10.3. The summed E-state index contributed by atoms with van der Waals surface area (Å²) in [4.78, 5) is 25.3. The van der Waals surface area contributed by atoms with Gasteiger partial charge in [-0.05, 0) is 32.8 Å². The molecule has 27 heavy (non-hydrogen) atoms. The number of nitrogens with zero attached hydrogens (tertiary/aromatic N) is 1. The predicted molar refractivity (Wildman–Crippen MR) is 99.2 cm³/mol. The summed E-state index contributed by atoms with van der Waals surface area (Å²) < 4.78 is 21.4. The van der Waals surface area contributed by atoms with Crippen LogP contribution in [0.2, 0.25) is 0 Å². The molecule has 1 aromatic rings. The number of benzene rings is 1. The topological polar surface area (TPSA) is 74.3 Å². The molecule has 7 nitrogen and oxygen atoms in total. The van der Waals surface area contributed by atoms with Gasteiger partial charge in [0.2, 0.25) is 0 Å². The number of ether oxygens (including phenoxy) is 4. The fraction of sp³-hybridized carbons (Fsp3) is 0.600. The van der Waals surface area contributed by atoms with Gasteiger partial charge in [-0.1, -0.05) is 30.3 Å². The number of hydrogen-bond donors (Lipinski definition) is 0. The van der Waals surface area contributed by atoms with Crippen LogP contribution in [0.5, 0.6) is 0 Å². The smallest absolute Gasteiger partial charge is 0.410 e. The monoisotopic (exact) mass is 379 g/mol. The van der Waals surface area contributed by atoms with Gasteiger partial charge in [-0.2, -0.15) is 0 Å². The zero-order chi connectivity index (χ0) is 19.7. The third-order valence-electron chi connectivity index (χ3n) is 3.83. The Balaban J connectivity index is 1.55. The summed E-state index contributed by atoms with van der Waals surface area (Å²) in [5.74, 6) is -0.393. The first kappa shape index (κ1) is 21.2. The second-order valence-corrected chi connectivity index (χ2v) is 7.41. The minimum absolute atomic E-state index is 0.0422. The Labute approximate surface area is 160 Å². The van der Waals surface area contributed by atoms with E-state index in [0.717, 1.165) is 12.0 Å². The normalized spacial score (nSPS) is 17.0. The Morgan fingerprint density at radius 1 is 1.15 bits per heavy atom. The van der Waals surface area contributed by atoms with Crippen molar-refractivity contribution in [3.05, 3.63) is 35.9 Å². The van der Waals surface area contributed by atoms with Crippen LogP contribution in [0.4, 0.5) is 4.79 Å². The lowest BCUT2D eigenvalue weighted by Crippen LogP contribution is -2.31. The molecule has 0 saturated carbocycles. The standard InChI is InChI=1S/C20H29NO6/c1-20(2,3)27-18(22)15-24-11-12-25-17-9-10-21(13-17)19(23)26-14-16-7-5-4-6-8-16/h4-8,17H,9-15H2,1-3H3/t17-/m1/s1. The van der Waals surface area contributed by atoms with E-state index >= 15 is 0 Å². The van der Waals surface area contributed by atoms with Crippen molar-refractivity contribution in [2.45, 2.75) is 45.5 Å². The molecule has 0 aromatic heterocycles. The lowest BCUT2D eigenvalue weighted by Gasteiger charge is -2.19. The van der Waals surface area contributed by atoms with Gasteiger partial charge in [0.1, 0.15) is 18.8 Å². The van der Waals surface area contributed by atoms with Crippen LogP contribution in [0.1, 0.15) is 32.8 Å². The van der Waals surface area contributed by atoms with Crippen LogP contribution < -0.4 is 0 Å². The molecule has 0 spiro atoms. The van der Waals surface area contributed by atoms with Gasteiger partial charge >= 0.3 is 12.1 Å². The molecule has 0 N–H and O–H groups in total. The summed E-state index contributed by atoms with van der Waals surface area (Å²) in [6.07, 6.45) is 0.387. The first-order valence-corrected chi connectivity index (χ1v) is 9.20. The summed E-state index contributed by atoms with van der Waals surface area (Å²) in [6, 6.07) is 9.58. The first-order chi connectivity index (χ1) is 12.8. The van der Waals surface area contributed by atoms with Crippen LogP contribution in [0, 0.1) is 0 Å². The Bertz CT molecular complexity index is 598. The number of amides is 1. The van der Waals surface area contributed by atoms with Crippen molar-refractivity contribution in [2.24, 2.45) is 0 Å². The van der Waals surface area contributed by atoms with Crippen LogP contribution in [-0.4, -0.2) is 61.6 Å². The summed E-state index contributed by atoms with van der Waals surface area (Å²) in [5, 5.41) is 0. The molecule has 1 amide bonds. The number of rotatable bonds is 8. The van der Waals surface area contributed by atoms with E-state index in [1.807, 2.05) is 51.1 Å². The third-order valence-corrected chi connectivity index (χ3v) is 3.83. The zero-order valence-corrected chi connectivity index (χ0v) is 16.3. The van der Waals surface area contributed by atoms with E-state index in [9.17, 15) is 9.59 Å². The van der Waals surface area contributed by atoms with E-state index in [0.29, 0.717) is 26.3 Å². The molecule has 0 aliphatic carbocycles. The Morgan fingerprint density at radius 2 is 1.89 bits per heavy atom. The molecule has 1 atom stereocenters. The quantitative estimate of drug-likeness (QED) is 0.511. The van der Waals surface area contributed by atoms with E-state index in [2.05, 4.69) is 0 Å². The summed E-state index contributed by atoms with van der Waals surface area (Å²) in [5.41, 5.74) is 0.444. The fourth-order valence-corrected chi connectivity index (χ4v) is 2.64. The van der Waals surface area contributed by atoms with Gasteiger partial charge in [0.25, 0.3) is 0 Å². The highest BCUT2D eigenvalue weighted by Gasteiger charge is 2.27. The minimum atomic E-state index is -0.515. The molecule has 7 heteroatoms. The van der Waals surface area contributed by atoms with Crippen LogP contribution in [0.3, 0.4) is 0 Å². The van der Waals surface area contributed by atoms with E-state index < -0.39 is 11.6 Å². The van der Waals surface area contributed by atoms with Gasteiger partial charge in [0, 0.05) is 6.54 Å². The molecule has 0 radical (unpaired) electrons. The highest BCUT2D eigenvalue weighted by atomic mass is 16.6. The maximum absolute atomic E-state index is 12.1. The van der Waals surface area contributed by atoms with Crippen molar-refractivity contribution in [2.75, 3.05) is 32.9 Å². The van der Waals surface area contributed by atoms with Crippen molar-refractivity contribution in [1.82, 2.24) is 4.90 Å². The lowest BCUT2D eigenvalue weighted by atomic mass is 10.2. The van der Waals surface area contributed by atoms with Crippen LogP contribution in [-0.2, 0) is 30.3 Å². The second-order valence-electron chi connectivity index (χ2n) is 7.41. The predicted octanol–water partition coefficient (Wildman–Crippen LogP) is 2.77. The average molecular weight is 379 g/mol. The van der Waals surface area contributed by atoms with Gasteiger partial charge in [-0.15, -0.1) is 0 Å². The molecule has 150 valence electrons. The van der Waals surface area contributed by atoms with Gasteiger partial charge in [0.05, 0.1) is 25.9 Å². The first-order valence-electron chi connectivity index (χ1n) is 9.20. The zero-order valence-electron chi connectivity index (χ0n) is 16.3. The van der Waals surface area contributed by atoms with Crippen molar-refractivity contribution in [3.63, 3.8) is 0 Å². The molecular weight excluding hydrogens is 350 g/mol. The van der Waals surface area contributed by atoms with Crippen LogP contribution in [0.25, 0.3) is 0 Å². The minimum Gasteiger partial charge on any atom is -0.458 e. The van der Waals surface area contributed by atoms with Crippen molar-refractivity contribution >= 4 is 12.1 Å². The van der Waals surface area contributed by atoms with Gasteiger partial charge in [-0.3, -0.25) is 0 Å². The summed E-state index contributed by atoms with van der Waals surface area (Å²) in [7, 11) is 0. The van der Waals surface area contributed by atoms with E-state index in [1.54, 1.807) is 4.90 Å². The highest BCUT2D eigenvalue weighted by Crippen LogP contribution is 2.14. The van der Waals surface area contributed by atoms with Gasteiger partial charge < -0.3 is 23.8 Å². The largest absolute Gasteiger partial charge is 0.458 e. The molecule has 0 unspecified atom stereocenters. The molecular formula is C20H29NO6. The molecule has 1 aliphatic rings. The Kier molecular flexibility index (Phi) is 8.06. The van der Waals surface area contributed by atoms with E-state index in [4.69, 9.17) is 18.9 Å². The Morgan fingerprint density at radius 3 is 2.59 bits per heavy atom. The number of hydrogen-bond acceptors (Lipinski definition) is 6. The van der Waals surface area contributed by atoms with E-state index in [1.165, 1.54) is 0 Å². The van der Waals surface area contributed by atoms with E-state index in [-0.39, 0.29) is 25.4 Å².